The number of hydrogen-bond donors (Lipinski definition) is 1. The average molecular weight is 435 g/mol. The number of rotatable bonds is 8. The molecule has 0 aliphatic heterocycles. The van der Waals surface area contributed by atoms with Crippen molar-refractivity contribution in [3.8, 4) is 5.75 Å². The summed E-state index contributed by atoms with van der Waals surface area (Å²) in [7, 11) is -0.735. The van der Waals surface area contributed by atoms with E-state index in [1.807, 2.05) is 0 Å². The van der Waals surface area contributed by atoms with Crippen LogP contribution in [0.3, 0.4) is 0 Å². The van der Waals surface area contributed by atoms with Gasteiger partial charge >= 0.3 is 5.97 Å². The minimum absolute atomic E-state index is 0.120. The van der Waals surface area contributed by atoms with Gasteiger partial charge in [0.2, 0.25) is 10.0 Å². The lowest BCUT2D eigenvalue weighted by Crippen LogP contribution is -2.24. The van der Waals surface area contributed by atoms with E-state index in [0.29, 0.717) is 22.6 Å². The van der Waals surface area contributed by atoms with Gasteiger partial charge in [0.15, 0.2) is 6.61 Å². The molecule has 0 spiro atoms. The fourth-order valence-corrected chi connectivity index (χ4v) is 3.61. The summed E-state index contributed by atoms with van der Waals surface area (Å²) in [5, 5.41) is 2.62. The van der Waals surface area contributed by atoms with Gasteiger partial charge in [-0.2, -0.15) is 0 Å². The van der Waals surface area contributed by atoms with E-state index < -0.39 is 21.9 Å². The van der Waals surface area contributed by atoms with Crippen molar-refractivity contribution in [3.05, 3.63) is 53.6 Å². The Labute approximate surface area is 176 Å². The molecule has 162 valence electrons. The van der Waals surface area contributed by atoms with Crippen LogP contribution in [0.25, 0.3) is 0 Å². The summed E-state index contributed by atoms with van der Waals surface area (Å²) in [6, 6.07) is 10.9. The molecule has 0 radical (unpaired) electrons. The van der Waals surface area contributed by atoms with E-state index in [0.717, 1.165) is 4.31 Å². The lowest BCUT2D eigenvalue weighted by molar-refractivity contribution is -0.118. The Balaban J connectivity index is 1.99. The number of carbonyl (C=O) groups excluding carboxylic acids is 2. The van der Waals surface area contributed by atoms with Gasteiger partial charge < -0.3 is 14.8 Å². The summed E-state index contributed by atoms with van der Waals surface area (Å²) in [4.78, 5) is 24.1. The lowest BCUT2D eigenvalue weighted by Gasteiger charge is -2.15. The first-order chi connectivity index (χ1) is 14.0. The Hall–Kier alpha value is -2.91. The number of esters is 1. The van der Waals surface area contributed by atoms with Gasteiger partial charge in [-0.25, -0.2) is 17.5 Å². The first-order valence-electron chi connectivity index (χ1n) is 9.27. The molecular weight excluding hydrogens is 408 g/mol. The quantitative estimate of drug-likeness (QED) is 0.641. The molecule has 0 bridgehead atoms. The summed E-state index contributed by atoms with van der Waals surface area (Å²) in [5.74, 6) is -0.474. The molecule has 2 rings (SSSR count). The van der Waals surface area contributed by atoms with Crippen LogP contribution < -0.4 is 10.1 Å². The monoisotopic (exact) mass is 434 g/mol. The molecule has 1 N–H and O–H groups in total. The molecule has 0 fully saturated rings. The Bertz CT molecular complexity index is 1010. The number of sulfonamides is 1. The molecule has 2 aromatic rings. The van der Waals surface area contributed by atoms with Gasteiger partial charge in [0.05, 0.1) is 16.6 Å². The van der Waals surface area contributed by atoms with Crippen LogP contribution in [0.5, 0.6) is 5.75 Å². The maximum absolute atomic E-state index is 12.4. The van der Waals surface area contributed by atoms with Crippen molar-refractivity contribution in [1.29, 1.82) is 0 Å². The van der Waals surface area contributed by atoms with Gasteiger partial charge in [-0.05, 0) is 62.7 Å². The predicted molar refractivity (Wildman–Crippen MR) is 113 cm³/mol. The third kappa shape index (κ3) is 6.04. The first kappa shape index (κ1) is 23.4. The van der Waals surface area contributed by atoms with Crippen molar-refractivity contribution >= 4 is 27.6 Å². The second kappa shape index (κ2) is 9.73. The summed E-state index contributed by atoms with van der Waals surface area (Å²) >= 11 is 0. The lowest BCUT2D eigenvalue weighted by atomic mass is 10.2. The van der Waals surface area contributed by atoms with E-state index >= 15 is 0 Å². The normalized spacial score (nSPS) is 11.4. The number of carbonyl (C=O) groups is 2. The van der Waals surface area contributed by atoms with Crippen LogP contribution in [-0.2, 0) is 19.6 Å². The van der Waals surface area contributed by atoms with Crippen LogP contribution in [0.1, 0.15) is 29.8 Å². The minimum atomic E-state index is -3.63. The Morgan fingerprint density at radius 3 is 2.27 bits per heavy atom. The molecule has 0 saturated heterocycles. The van der Waals surface area contributed by atoms with Crippen LogP contribution in [0.4, 0.5) is 5.69 Å². The van der Waals surface area contributed by atoms with Gasteiger partial charge in [-0.15, -0.1) is 0 Å². The number of hydrogen-bond acceptors (Lipinski definition) is 6. The molecular formula is C21H26N2O6S. The SMILES string of the molecule is Cc1ccc(NC(=O)COc2ccc(C(=O)OC(C)C)cc2)cc1S(=O)(=O)N(C)C. The van der Waals surface area contributed by atoms with Crippen LogP contribution in [-0.4, -0.2) is 51.4 Å². The minimum Gasteiger partial charge on any atom is -0.484 e. The highest BCUT2D eigenvalue weighted by Crippen LogP contribution is 2.22. The second-order valence-corrected chi connectivity index (χ2v) is 9.20. The van der Waals surface area contributed by atoms with Crippen molar-refractivity contribution in [1.82, 2.24) is 4.31 Å². The standard InChI is InChI=1S/C21H26N2O6S/c1-14(2)29-21(25)16-7-10-18(11-8-16)28-13-20(24)22-17-9-6-15(3)19(12-17)30(26,27)23(4)5/h6-12,14H,13H2,1-5H3,(H,22,24). The number of anilines is 1. The predicted octanol–water partition coefficient (Wildman–Crippen LogP) is 2.83. The number of aryl methyl sites for hydroxylation is 1. The smallest absolute Gasteiger partial charge is 0.338 e. The van der Waals surface area contributed by atoms with Gasteiger partial charge in [0, 0.05) is 19.8 Å². The third-order valence-electron chi connectivity index (χ3n) is 4.03. The first-order valence-corrected chi connectivity index (χ1v) is 10.7. The fourth-order valence-electron chi connectivity index (χ4n) is 2.47. The van der Waals surface area contributed by atoms with Crippen LogP contribution in [0.15, 0.2) is 47.4 Å². The van der Waals surface area contributed by atoms with Crippen molar-refractivity contribution < 1.29 is 27.5 Å². The number of nitrogens with one attached hydrogen (secondary N) is 1. The molecule has 0 aromatic heterocycles. The van der Waals surface area contributed by atoms with Crippen LogP contribution >= 0.6 is 0 Å². The van der Waals surface area contributed by atoms with Gasteiger partial charge in [-0.3, -0.25) is 4.79 Å². The molecule has 9 heteroatoms. The maximum atomic E-state index is 12.4. The summed E-state index contributed by atoms with van der Waals surface area (Å²) in [6.45, 7) is 4.94. The maximum Gasteiger partial charge on any atom is 0.338 e. The molecule has 0 unspecified atom stereocenters. The molecule has 8 nitrogen and oxygen atoms in total. The van der Waals surface area contributed by atoms with E-state index in [2.05, 4.69) is 5.32 Å². The highest BCUT2D eigenvalue weighted by atomic mass is 32.2. The van der Waals surface area contributed by atoms with Crippen molar-refractivity contribution in [2.24, 2.45) is 0 Å². The number of amides is 1. The van der Waals surface area contributed by atoms with E-state index in [1.165, 1.54) is 20.2 Å². The highest BCUT2D eigenvalue weighted by Gasteiger charge is 2.20. The van der Waals surface area contributed by atoms with Crippen LogP contribution in [0, 0.1) is 6.92 Å². The molecule has 30 heavy (non-hydrogen) atoms. The molecule has 2 aromatic carbocycles. The topological polar surface area (TPSA) is 102 Å². The van der Waals surface area contributed by atoms with E-state index in [-0.39, 0.29) is 17.6 Å². The van der Waals surface area contributed by atoms with E-state index in [9.17, 15) is 18.0 Å². The Morgan fingerprint density at radius 2 is 1.70 bits per heavy atom. The largest absolute Gasteiger partial charge is 0.484 e. The van der Waals surface area contributed by atoms with Gasteiger partial charge in [-0.1, -0.05) is 6.07 Å². The number of nitrogens with zero attached hydrogens (tertiary/aromatic N) is 1. The van der Waals surface area contributed by atoms with Crippen molar-refractivity contribution in [2.45, 2.75) is 31.8 Å². The molecule has 0 atom stereocenters. The Kier molecular flexibility index (Phi) is 7.58. The fraction of sp³-hybridized carbons (Fsp3) is 0.333. The highest BCUT2D eigenvalue weighted by molar-refractivity contribution is 7.89. The van der Waals surface area contributed by atoms with Gasteiger partial charge in [0.1, 0.15) is 5.75 Å². The Morgan fingerprint density at radius 1 is 1.07 bits per heavy atom. The number of ether oxygens (including phenoxy) is 2. The zero-order valence-electron chi connectivity index (χ0n) is 17.6. The van der Waals surface area contributed by atoms with Crippen LogP contribution in [0.2, 0.25) is 0 Å². The van der Waals surface area contributed by atoms with E-state index in [4.69, 9.17) is 9.47 Å². The second-order valence-electron chi connectivity index (χ2n) is 7.08. The zero-order chi connectivity index (χ0) is 22.5. The molecule has 0 saturated carbocycles. The summed E-state index contributed by atoms with van der Waals surface area (Å²) < 4.78 is 36.4. The van der Waals surface area contributed by atoms with E-state index in [1.54, 1.807) is 57.2 Å². The van der Waals surface area contributed by atoms with Crippen molar-refractivity contribution in [3.63, 3.8) is 0 Å². The molecule has 1 amide bonds. The summed E-state index contributed by atoms with van der Waals surface area (Å²) in [6.07, 6.45) is -0.216. The van der Waals surface area contributed by atoms with Crippen molar-refractivity contribution in [2.75, 3.05) is 26.0 Å². The van der Waals surface area contributed by atoms with Gasteiger partial charge in [0.25, 0.3) is 5.91 Å². The molecule has 0 aliphatic carbocycles. The molecule has 0 heterocycles. The zero-order valence-corrected chi connectivity index (χ0v) is 18.4. The average Bonchev–Trinajstić information content (AvgIpc) is 2.67. The number of benzene rings is 2. The third-order valence-corrected chi connectivity index (χ3v) is 5.99. The molecule has 0 aliphatic rings. The summed E-state index contributed by atoms with van der Waals surface area (Å²) in [5.41, 5.74) is 1.31.